The Hall–Kier alpha value is -4.24. The van der Waals surface area contributed by atoms with Gasteiger partial charge in [0.25, 0.3) is 0 Å². The molecule has 2 fully saturated rings. The van der Waals surface area contributed by atoms with E-state index in [0.717, 1.165) is 69.7 Å². The first-order valence-electron chi connectivity index (χ1n) is 14.7. The molecule has 0 spiro atoms. The van der Waals surface area contributed by atoms with Gasteiger partial charge < -0.3 is 19.5 Å². The molecule has 0 saturated carbocycles. The lowest BCUT2D eigenvalue weighted by Crippen LogP contribution is -2.38. The Bertz CT molecular complexity index is 1910. The number of aromatic nitrogens is 3. The summed E-state index contributed by atoms with van der Waals surface area (Å²) in [6.45, 7) is 2.37. The molecular formula is C33H31ClF2N6O2S. The first-order valence-corrected chi connectivity index (χ1v) is 15.5. The third kappa shape index (κ3) is 6.88. The number of amides is 1. The molecule has 5 heterocycles. The average molecular weight is 649 g/mol. The van der Waals surface area contributed by atoms with Crippen LogP contribution >= 0.6 is 23.7 Å². The first kappa shape index (κ1) is 30.8. The highest BCUT2D eigenvalue weighted by atomic mass is 35.5. The summed E-state index contributed by atoms with van der Waals surface area (Å²) in [6.07, 6.45) is 6.90. The Labute approximate surface area is 269 Å². The summed E-state index contributed by atoms with van der Waals surface area (Å²) in [6, 6.07) is 13.2. The van der Waals surface area contributed by atoms with Crippen LogP contribution < -0.4 is 10.6 Å². The fraction of sp³-hybridized carbons (Fsp3) is 0.303. The lowest BCUT2D eigenvalue weighted by molar-refractivity contribution is 0.0646. The molecule has 2 atom stereocenters. The molecule has 2 N–H and O–H groups in total. The Kier molecular flexibility index (Phi) is 9.16. The van der Waals surface area contributed by atoms with Crippen molar-refractivity contribution in [2.45, 2.75) is 44.4 Å². The number of nitrogens with one attached hydrogen (secondary N) is 2. The number of carbonyl (C=O) groups excluding carboxylic acids is 1. The van der Waals surface area contributed by atoms with Gasteiger partial charge in [-0.25, -0.2) is 23.5 Å². The van der Waals surface area contributed by atoms with E-state index in [2.05, 4.69) is 32.4 Å². The van der Waals surface area contributed by atoms with Crippen LogP contribution in [0.5, 0.6) is 0 Å². The highest BCUT2D eigenvalue weighted by molar-refractivity contribution is 7.20. The van der Waals surface area contributed by atoms with Crippen LogP contribution in [0.15, 0.2) is 61.1 Å². The van der Waals surface area contributed by atoms with E-state index >= 15 is 0 Å². The molecule has 0 radical (unpaired) electrons. The zero-order valence-electron chi connectivity index (χ0n) is 24.3. The molecule has 0 bridgehead atoms. The third-order valence-corrected chi connectivity index (χ3v) is 9.08. The van der Waals surface area contributed by atoms with Crippen molar-refractivity contribution < 1.29 is 18.3 Å². The number of hydrogen-bond donors (Lipinski definition) is 2. The standard InChI is InChI=1S/C33H30F2N6O2S.ClH/c34-23-4-8-28(35)22(14-23)19-41-13-10-21-15-25(6-9-30(21)41)39-32-31-29(37-20-38-32)17-27(44-31)7-5-24-16-26(18-36-24)43-33(42)40-11-2-1-3-12-40;/h4,6,8-10,13-15,17,20,24,26,36H,1-3,11-12,16,18-19H2,(H,37,38,39);1H/t24-,26-;/m1./s1. The SMILES string of the molecule is Cl.O=C(O[C@H]1CN[C@H](C#Cc2cc3ncnc(Nc4ccc5c(ccn5Cc5cc(F)ccc5F)c4)c3s2)C1)N1CCCCC1. The molecule has 0 aliphatic carbocycles. The minimum atomic E-state index is -0.460. The molecule has 2 aromatic carbocycles. The van der Waals surface area contributed by atoms with Crippen molar-refractivity contribution in [1.82, 2.24) is 24.8 Å². The Morgan fingerprint density at radius 2 is 1.96 bits per heavy atom. The number of benzene rings is 2. The molecule has 1 amide bonds. The summed E-state index contributed by atoms with van der Waals surface area (Å²) in [7, 11) is 0. The van der Waals surface area contributed by atoms with Gasteiger partial charge in [0.05, 0.1) is 27.7 Å². The molecule has 3 aromatic heterocycles. The number of rotatable bonds is 5. The van der Waals surface area contributed by atoms with Gasteiger partial charge in [-0.15, -0.1) is 23.7 Å². The van der Waals surface area contributed by atoms with E-state index in [1.54, 1.807) is 4.90 Å². The predicted molar refractivity (Wildman–Crippen MR) is 174 cm³/mol. The number of thiophene rings is 1. The monoisotopic (exact) mass is 648 g/mol. The van der Waals surface area contributed by atoms with E-state index in [0.29, 0.717) is 24.3 Å². The number of nitrogens with zero attached hydrogens (tertiary/aromatic N) is 4. The van der Waals surface area contributed by atoms with Crippen LogP contribution in [0.3, 0.4) is 0 Å². The quantitative estimate of drug-likeness (QED) is 0.203. The van der Waals surface area contributed by atoms with Gasteiger partial charge in [-0.05, 0) is 67.8 Å². The van der Waals surface area contributed by atoms with E-state index < -0.39 is 11.6 Å². The van der Waals surface area contributed by atoms with Crippen LogP contribution in [0.2, 0.25) is 0 Å². The van der Waals surface area contributed by atoms with Crippen molar-refractivity contribution in [2.75, 3.05) is 25.0 Å². The van der Waals surface area contributed by atoms with Crippen molar-refractivity contribution >= 4 is 62.5 Å². The minimum absolute atomic E-state index is 0. The van der Waals surface area contributed by atoms with Crippen LogP contribution in [0.1, 0.15) is 36.1 Å². The number of piperidine rings is 1. The van der Waals surface area contributed by atoms with Gasteiger partial charge in [0.1, 0.15) is 24.1 Å². The maximum Gasteiger partial charge on any atom is 0.410 e. The largest absolute Gasteiger partial charge is 0.445 e. The van der Waals surface area contributed by atoms with Gasteiger partial charge in [-0.2, -0.15) is 0 Å². The van der Waals surface area contributed by atoms with Crippen LogP contribution in [-0.4, -0.2) is 57.3 Å². The van der Waals surface area contributed by atoms with Crippen LogP contribution in [-0.2, 0) is 11.3 Å². The van der Waals surface area contributed by atoms with Gasteiger partial charge in [0, 0.05) is 54.4 Å². The van der Waals surface area contributed by atoms with Crippen LogP contribution in [0.25, 0.3) is 21.1 Å². The zero-order chi connectivity index (χ0) is 30.0. The summed E-state index contributed by atoms with van der Waals surface area (Å²) in [5, 5.41) is 7.72. The molecule has 45 heavy (non-hydrogen) atoms. The molecule has 12 heteroatoms. The van der Waals surface area contributed by atoms with Gasteiger partial charge in [0.2, 0.25) is 0 Å². The average Bonchev–Trinajstić information content (AvgIpc) is 3.77. The summed E-state index contributed by atoms with van der Waals surface area (Å²) in [5.74, 6) is 6.34. The summed E-state index contributed by atoms with van der Waals surface area (Å²) >= 11 is 1.52. The second-order valence-corrected chi connectivity index (χ2v) is 12.2. The molecule has 7 rings (SSSR count). The smallest absolute Gasteiger partial charge is 0.410 e. The van der Waals surface area contributed by atoms with Crippen molar-refractivity contribution in [3.05, 3.63) is 83.1 Å². The number of ether oxygens (including phenoxy) is 1. The topological polar surface area (TPSA) is 84.3 Å². The lowest BCUT2D eigenvalue weighted by Gasteiger charge is -2.27. The molecule has 2 saturated heterocycles. The van der Waals surface area contributed by atoms with Crippen molar-refractivity contribution in [3.8, 4) is 11.8 Å². The zero-order valence-corrected chi connectivity index (χ0v) is 25.9. The van der Waals surface area contributed by atoms with Gasteiger partial charge >= 0.3 is 6.09 Å². The third-order valence-electron chi connectivity index (χ3n) is 8.04. The number of halogens is 3. The fourth-order valence-corrected chi connectivity index (χ4v) is 6.68. The number of anilines is 2. The number of likely N-dealkylation sites (tertiary alicyclic amines) is 1. The molecule has 8 nitrogen and oxygen atoms in total. The Balaban J connectivity index is 0.00000357. The minimum Gasteiger partial charge on any atom is -0.445 e. The van der Waals surface area contributed by atoms with E-state index in [4.69, 9.17) is 4.74 Å². The maximum atomic E-state index is 14.2. The molecule has 0 unspecified atom stereocenters. The van der Waals surface area contributed by atoms with Gasteiger partial charge in [0.15, 0.2) is 5.82 Å². The van der Waals surface area contributed by atoms with Crippen molar-refractivity contribution in [3.63, 3.8) is 0 Å². The Morgan fingerprint density at radius 1 is 1.09 bits per heavy atom. The van der Waals surface area contributed by atoms with E-state index in [-0.39, 0.29) is 37.2 Å². The Morgan fingerprint density at radius 3 is 2.82 bits per heavy atom. The van der Waals surface area contributed by atoms with Crippen molar-refractivity contribution in [2.24, 2.45) is 0 Å². The predicted octanol–water partition coefficient (Wildman–Crippen LogP) is 6.84. The number of hydrogen-bond acceptors (Lipinski definition) is 7. The molecule has 232 valence electrons. The van der Waals surface area contributed by atoms with E-state index in [1.165, 1.54) is 30.2 Å². The second-order valence-electron chi connectivity index (χ2n) is 11.1. The highest BCUT2D eigenvalue weighted by Crippen LogP contribution is 2.32. The van der Waals surface area contributed by atoms with E-state index in [9.17, 15) is 13.6 Å². The molecule has 2 aliphatic heterocycles. The number of carbonyl (C=O) groups is 1. The highest BCUT2D eigenvalue weighted by Gasteiger charge is 2.28. The van der Waals surface area contributed by atoms with E-state index in [1.807, 2.05) is 41.1 Å². The lowest BCUT2D eigenvalue weighted by atomic mass is 10.1. The second kappa shape index (κ2) is 13.4. The van der Waals surface area contributed by atoms with Crippen molar-refractivity contribution in [1.29, 1.82) is 0 Å². The van der Waals surface area contributed by atoms with Crippen LogP contribution in [0, 0.1) is 23.5 Å². The molecular weight excluding hydrogens is 618 g/mol. The van der Waals surface area contributed by atoms with Gasteiger partial charge in [-0.1, -0.05) is 11.8 Å². The fourth-order valence-electron chi connectivity index (χ4n) is 5.76. The summed E-state index contributed by atoms with van der Waals surface area (Å²) in [4.78, 5) is 24.0. The maximum absolute atomic E-state index is 14.2. The first-order chi connectivity index (χ1) is 21.5. The molecule has 2 aliphatic rings. The summed E-state index contributed by atoms with van der Waals surface area (Å²) < 4.78 is 36.4. The molecule has 5 aromatic rings. The van der Waals surface area contributed by atoms with Crippen LogP contribution in [0.4, 0.5) is 25.1 Å². The van der Waals surface area contributed by atoms with Gasteiger partial charge in [-0.3, -0.25) is 5.32 Å². The number of fused-ring (bicyclic) bond motifs is 2. The summed E-state index contributed by atoms with van der Waals surface area (Å²) in [5.41, 5.74) is 2.84. The normalized spacial score (nSPS) is 18.0.